The van der Waals surface area contributed by atoms with Crippen molar-refractivity contribution in [2.24, 2.45) is 5.73 Å². The predicted octanol–water partition coefficient (Wildman–Crippen LogP) is 1.88. The van der Waals surface area contributed by atoms with Crippen molar-refractivity contribution >= 4 is 73.2 Å². The quantitative estimate of drug-likeness (QED) is 0.0132. The van der Waals surface area contributed by atoms with E-state index in [0.29, 0.717) is 68.3 Å². The van der Waals surface area contributed by atoms with Gasteiger partial charge in [-0.1, -0.05) is 25.3 Å². The minimum absolute atomic E-state index is 0.0434. The van der Waals surface area contributed by atoms with E-state index < -0.39 is 95.7 Å². The lowest BCUT2D eigenvalue weighted by molar-refractivity contribution is -0.765. The van der Waals surface area contributed by atoms with Crippen molar-refractivity contribution in [2.75, 3.05) is 44.7 Å². The Morgan fingerprint density at radius 1 is 0.722 bits per heavy atom. The van der Waals surface area contributed by atoms with Gasteiger partial charge in [0.1, 0.15) is 59.5 Å². The minimum atomic E-state index is -5.49. The summed E-state index contributed by atoms with van der Waals surface area (Å²) < 4.78 is 59.0. The third-order valence-corrected chi connectivity index (χ3v) is 17.3. The lowest BCUT2D eigenvalue weighted by Gasteiger charge is -2.20. The topological polar surface area (TPSA) is 479 Å². The number of primary amides is 1. The Morgan fingerprint density at radius 3 is 2.10 bits per heavy atom. The molecule has 2 saturated heterocycles. The molecule has 10 atom stereocenters. The molecule has 2 fully saturated rings. The summed E-state index contributed by atoms with van der Waals surface area (Å²) in [7, 11) is -11.0. The van der Waals surface area contributed by atoms with Crippen molar-refractivity contribution < 1.29 is 105 Å². The molecular weight excluding hydrogens is 1230 g/mol. The number of aromatic carboxylic acids is 1. The van der Waals surface area contributed by atoms with E-state index in [4.69, 9.17) is 28.7 Å². The van der Waals surface area contributed by atoms with E-state index in [2.05, 4.69) is 40.5 Å². The molecule has 5 aromatic rings. The zero-order valence-corrected chi connectivity index (χ0v) is 49.5. The van der Waals surface area contributed by atoms with Crippen molar-refractivity contribution in [1.82, 2.24) is 35.5 Å². The van der Waals surface area contributed by atoms with Gasteiger partial charge in [0.15, 0.2) is 47.1 Å². The number of unbranched alkanes of at least 4 members (excludes halogenated alkanes) is 5. The summed E-state index contributed by atoms with van der Waals surface area (Å²) in [6.45, 7) is -0.991. The molecule has 4 amide bonds. The van der Waals surface area contributed by atoms with Crippen LogP contribution in [-0.4, -0.2) is 166 Å². The SMILES string of the molecule is NC(=O)c1ccc[n+]([C@@H]2O[C@H](COP(=O)(O)OP(=O)(O)OC[C@H]3O[C@@H](n4cnc5c(NCC(=O)NCCCCCCNC(=O)CCCCCNC(=O)c6ccc(-c7c8ccc(=O)cc-8oc8cc(O)ccc78)c(C(=O)O)c6)ncnc54)[C@H](O)[C@@H]3O)[C@@H](O)[C@H]2O)c1. The number of nitrogens with zero attached hydrogens (tertiary/aromatic N) is 5. The van der Waals surface area contributed by atoms with Gasteiger partial charge in [-0.2, -0.15) is 8.88 Å². The van der Waals surface area contributed by atoms with Crippen LogP contribution in [-0.2, 0) is 41.6 Å². The highest BCUT2D eigenvalue weighted by Gasteiger charge is 2.50. The van der Waals surface area contributed by atoms with Crippen LogP contribution in [0.3, 0.4) is 0 Å². The molecule has 4 aliphatic rings. The number of anilines is 1. The molecule has 0 bridgehead atoms. The molecule has 0 saturated carbocycles. The summed E-state index contributed by atoms with van der Waals surface area (Å²) >= 11 is 0. The van der Waals surface area contributed by atoms with Crippen LogP contribution in [0.1, 0.15) is 94.9 Å². The lowest BCUT2D eigenvalue weighted by Crippen LogP contribution is -2.46. The number of aromatic nitrogens is 5. The van der Waals surface area contributed by atoms with E-state index in [-0.39, 0.29) is 80.1 Å². The van der Waals surface area contributed by atoms with Gasteiger partial charge in [0.05, 0.1) is 31.6 Å². The van der Waals surface area contributed by atoms with Crippen molar-refractivity contribution in [2.45, 2.75) is 100 Å². The van der Waals surface area contributed by atoms with Gasteiger partial charge >= 0.3 is 21.6 Å². The van der Waals surface area contributed by atoms with Gasteiger partial charge in [-0.25, -0.2) is 28.9 Å². The molecule has 2 aromatic carbocycles. The first-order valence-electron chi connectivity index (χ1n) is 28.3. The number of nitrogens with two attached hydrogens (primary N) is 1. The fourth-order valence-electron chi connectivity index (χ4n) is 10.2. The maximum Gasteiger partial charge on any atom is 0.481 e. The van der Waals surface area contributed by atoms with Gasteiger partial charge in [-0.05, 0) is 73.7 Å². The number of aliphatic hydroxyl groups is 4. The number of benzene rings is 3. The number of amides is 4. The van der Waals surface area contributed by atoms with Gasteiger partial charge in [0.2, 0.25) is 11.8 Å². The number of imidazole rings is 1. The summed E-state index contributed by atoms with van der Waals surface area (Å²) in [6, 6.07) is 15.7. The molecule has 90 heavy (non-hydrogen) atoms. The van der Waals surface area contributed by atoms with Crippen molar-refractivity contribution in [3.8, 4) is 28.2 Å². The Kier molecular flexibility index (Phi) is 21.5. The van der Waals surface area contributed by atoms with Crippen LogP contribution >= 0.6 is 15.6 Å². The number of carboxylic acids is 1. The number of aliphatic hydroxyl groups excluding tert-OH is 4. The number of pyridine rings is 1. The Balaban J connectivity index is 0.627. The summed E-state index contributed by atoms with van der Waals surface area (Å²) in [4.78, 5) is 108. The molecule has 34 heteroatoms. The smallest absolute Gasteiger partial charge is 0.481 e. The number of phosphoric ester groups is 2. The fourth-order valence-corrected chi connectivity index (χ4v) is 12.3. The molecule has 9 rings (SSSR count). The van der Waals surface area contributed by atoms with Gasteiger partial charge < -0.3 is 81.3 Å². The summed E-state index contributed by atoms with van der Waals surface area (Å²) in [5.41, 5.74) is 6.68. The van der Waals surface area contributed by atoms with Gasteiger partial charge in [0.25, 0.3) is 18.0 Å². The number of phenolic OH excluding ortho intramolecular Hbond substituents is 1. The number of phosphoric acid groups is 2. The van der Waals surface area contributed by atoms with Crippen molar-refractivity contribution in [1.29, 1.82) is 0 Å². The van der Waals surface area contributed by atoms with Crippen LogP contribution in [0.4, 0.5) is 5.82 Å². The highest BCUT2D eigenvalue weighted by atomic mass is 31.3. The molecule has 2 unspecified atom stereocenters. The Labute approximate surface area is 510 Å². The predicted molar refractivity (Wildman–Crippen MR) is 312 cm³/mol. The van der Waals surface area contributed by atoms with Gasteiger partial charge in [-0.3, -0.25) is 37.6 Å². The second-order valence-electron chi connectivity index (χ2n) is 21.1. The highest BCUT2D eigenvalue weighted by Crippen LogP contribution is 2.61. The first-order valence-corrected chi connectivity index (χ1v) is 31.3. The monoisotopic (exact) mass is 1290 g/mol. The maximum absolute atomic E-state index is 13.1. The van der Waals surface area contributed by atoms with E-state index in [1.807, 2.05) is 0 Å². The molecule has 1 aliphatic carbocycles. The lowest BCUT2D eigenvalue weighted by atomic mass is 9.90. The fraction of sp³-hybridized carbons (Fsp3) is 0.393. The number of nitrogens with one attached hydrogen (secondary N) is 4. The number of fused-ring (bicyclic) bond motifs is 3. The van der Waals surface area contributed by atoms with E-state index >= 15 is 0 Å². The highest BCUT2D eigenvalue weighted by molar-refractivity contribution is 7.61. The van der Waals surface area contributed by atoms with Crippen molar-refractivity contribution in [3.63, 3.8) is 0 Å². The maximum atomic E-state index is 13.1. The summed E-state index contributed by atoms with van der Waals surface area (Å²) in [5.74, 6) is -2.76. The van der Waals surface area contributed by atoms with Crippen LogP contribution in [0.25, 0.3) is 44.6 Å². The average molecular weight is 1290 g/mol. The van der Waals surface area contributed by atoms with E-state index in [9.17, 15) is 78.3 Å². The van der Waals surface area contributed by atoms with Gasteiger partial charge in [-0.15, -0.1) is 0 Å². The van der Waals surface area contributed by atoms with Crippen LogP contribution in [0.5, 0.6) is 5.75 Å². The molecule has 3 aliphatic heterocycles. The Bertz CT molecular complexity index is 3910. The zero-order valence-electron chi connectivity index (χ0n) is 47.7. The van der Waals surface area contributed by atoms with Crippen LogP contribution < -0.4 is 37.0 Å². The van der Waals surface area contributed by atoms with Crippen LogP contribution in [0.15, 0.2) is 101 Å². The number of hydrogen-bond acceptors (Lipinski definition) is 23. The second kappa shape index (κ2) is 29.2. The number of carboxylic acid groups (broad SMARTS) is 1. The average Bonchev–Trinajstić information content (AvgIpc) is 0.989. The summed E-state index contributed by atoms with van der Waals surface area (Å²) in [5, 5.41) is 75.0. The Morgan fingerprint density at radius 2 is 1.39 bits per heavy atom. The number of ether oxygens (including phenoxy) is 2. The molecule has 480 valence electrons. The third-order valence-electron chi connectivity index (χ3n) is 14.7. The molecule has 3 aromatic heterocycles. The first-order chi connectivity index (χ1) is 43.0. The van der Waals surface area contributed by atoms with Crippen molar-refractivity contribution in [3.05, 3.63) is 119 Å². The number of carbonyl (C=O) groups is 5. The van der Waals surface area contributed by atoms with Gasteiger partial charge in [0, 0.05) is 66.3 Å². The molecular formula is C56H65N10O22P2+. The van der Waals surface area contributed by atoms with E-state index in [1.165, 1.54) is 82.5 Å². The van der Waals surface area contributed by atoms with E-state index in [1.54, 1.807) is 12.1 Å². The van der Waals surface area contributed by atoms with Crippen LogP contribution in [0, 0.1) is 0 Å². The second-order valence-corrected chi connectivity index (χ2v) is 24.1. The first kappa shape index (κ1) is 66.2. The third kappa shape index (κ3) is 16.2. The minimum Gasteiger partial charge on any atom is -0.508 e. The number of carbonyl (C=O) groups excluding carboxylic acids is 4. The molecule has 6 heterocycles. The number of rotatable bonds is 30. The summed E-state index contributed by atoms with van der Waals surface area (Å²) in [6.07, 6.45) is -2.49. The molecule has 14 N–H and O–H groups in total. The largest absolute Gasteiger partial charge is 0.508 e. The normalized spacial score (nSPS) is 21.2. The standard InChI is InChI=1S/C56H64N10O22P2/c57-50(75)31-9-8-20-65(25-31)54-48(73)46(71)40(86-54)26-83-89(79,80)88-90(81,82)84-27-41-47(72)49(74)55(87-41)66-29-64-45-51(62-28-63-52(45)66)61-24-43(70)59-18-6-2-1-5-17-58-42(69)10-4-3-7-19-60-53(76)30-11-14-34(37(21-30)56(77)78)44-35-15-12-32(67)22-38(35)85-39-23-33(68)13-16-36(39)44/h8-9,11-16,20-23,25,28-29,40-41,46-49,54-55,71-74H,1-7,10,17-19,24,26-27H2,(H9-,57,58,59,60,61,62,63,67,68,69,70,75,76,77,78,79,80,81,82)/p+1/t40-,41-,46-,47-,48-,49-,54-,55-/m1/s1. The zero-order chi connectivity index (χ0) is 64.4. The number of aromatic hydroxyl groups is 1. The molecule has 0 spiro atoms. The molecule has 0 radical (unpaired) electrons. The Hall–Kier alpha value is -8.20. The number of phenols is 1. The van der Waals surface area contributed by atoms with E-state index in [0.717, 1.165) is 25.6 Å². The molecule has 32 nitrogen and oxygen atoms in total. The number of hydrogen-bond donors (Lipinski definition) is 13. The van der Waals surface area contributed by atoms with Crippen LogP contribution in [0.2, 0.25) is 0 Å².